The summed E-state index contributed by atoms with van der Waals surface area (Å²) >= 11 is 6.42. The van der Waals surface area contributed by atoms with Crippen LogP contribution in [-0.4, -0.2) is 22.7 Å². The number of aromatic nitrogens is 2. The van der Waals surface area contributed by atoms with Crippen LogP contribution in [0.4, 0.5) is 5.69 Å². The standard InChI is InChI=1S/C19H22ClN3O3/c1-4-25-17-7-12(14(20)9-18(17)26-11(2)3)10-21-13-5-6-15-16(8-13)23-19(24)22-15/h5-9,11,21H,4,10H2,1-3H3,(H2,22,23,24). The minimum Gasteiger partial charge on any atom is -0.490 e. The summed E-state index contributed by atoms with van der Waals surface area (Å²) in [5.74, 6) is 1.31. The van der Waals surface area contributed by atoms with Gasteiger partial charge in [0.25, 0.3) is 0 Å². The summed E-state index contributed by atoms with van der Waals surface area (Å²) in [7, 11) is 0. The minimum absolute atomic E-state index is 0.0319. The van der Waals surface area contributed by atoms with E-state index in [-0.39, 0.29) is 11.8 Å². The lowest BCUT2D eigenvalue weighted by Crippen LogP contribution is -2.08. The van der Waals surface area contributed by atoms with E-state index in [2.05, 4.69) is 15.3 Å². The van der Waals surface area contributed by atoms with Gasteiger partial charge < -0.3 is 24.8 Å². The van der Waals surface area contributed by atoms with Crippen molar-refractivity contribution in [3.63, 3.8) is 0 Å². The Hall–Kier alpha value is -2.60. The highest BCUT2D eigenvalue weighted by Crippen LogP contribution is 2.34. The lowest BCUT2D eigenvalue weighted by molar-refractivity contribution is 0.224. The number of rotatable bonds is 7. The third-order valence-corrected chi connectivity index (χ3v) is 4.13. The van der Waals surface area contributed by atoms with Crippen LogP contribution in [0.5, 0.6) is 11.5 Å². The van der Waals surface area contributed by atoms with Crippen molar-refractivity contribution in [1.82, 2.24) is 9.97 Å². The Labute approximate surface area is 156 Å². The Morgan fingerprint density at radius 1 is 1.12 bits per heavy atom. The van der Waals surface area contributed by atoms with Crippen molar-refractivity contribution < 1.29 is 9.47 Å². The van der Waals surface area contributed by atoms with Crippen LogP contribution in [0.15, 0.2) is 35.1 Å². The quantitative estimate of drug-likeness (QED) is 0.575. The molecule has 138 valence electrons. The van der Waals surface area contributed by atoms with E-state index in [1.54, 1.807) is 6.07 Å². The molecule has 26 heavy (non-hydrogen) atoms. The van der Waals surface area contributed by atoms with Gasteiger partial charge in [-0.3, -0.25) is 0 Å². The van der Waals surface area contributed by atoms with E-state index in [0.717, 1.165) is 22.3 Å². The van der Waals surface area contributed by atoms with Gasteiger partial charge in [-0.2, -0.15) is 0 Å². The van der Waals surface area contributed by atoms with E-state index in [4.69, 9.17) is 21.1 Å². The van der Waals surface area contributed by atoms with Gasteiger partial charge in [0.1, 0.15) is 0 Å². The van der Waals surface area contributed by atoms with Crippen LogP contribution >= 0.6 is 11.6 Å². The Morgan fingerprint density at radius 2 is 1.88 bits per heavy atom. The number of halogens is 1. The molecular formula is C19H22ClN3O3. The van der Waals surface area contributed by atoms with Crippen molar-refractivity contribution in [1.29, 1.82) is 0 Å². The molecule has 3 aromatic rings. The van der Waals surface area contributed by atoms with Gasteiger partial charge in [0.15, 0.2) is 11.5 Å². The number of H-pyrrole nitrogens is 2. The van der Waals surface area contributed by atoms with Gasteiger partial charge in [0, 0.05) is 23.3 Å². The number of imidazole rings is 1. The Bertz CT molecular complexity index is 962. The third-order valence-electron chi connectivity index (χ3n) is 3.77. The van der Waals surface area contributed by atoms with E-state index in [1.165, 1.54) is 0 Å². The number of anilines is 1. The Kier molecular flexibility index (Phi) is 5.42. The summed E-state index contributed by atoms with van der Waals surface area (Å²) in [5, 5.41) is 3.92. The summed E-state index contributed by atoms with van der Waals surface area (Å²) < 4.78 is 11.5. The molecule has 0 aliphatic heterocycles. The fourth-order valence-electron chi connectivity index (χ4n) is 2.67. The molecule has 0 atom stereocenters. The van der Waals surface area contributed by atoms with Gasteiger partial charge >= 0.3 is 5.69 Å². The van der Waals surface area contributed by atoms with Crippen molar-refractivity contribution >= 4 is 28.3 Å². The lowest BCUT2D eigenvalue weighted by atomic mass is 10.2. The van der Waals surface area contributed by atoms with E-state index < -0.39 is 0 Å². The first-order valence-electron chi connectivity index (χ1n) is 8.54. The molecule has 0 fully saturated rings. The molecule has 0 aliphatic carbocycles. The molecule has 1 aromatic heterocycles. The van der Waals surface area contributed by atoms with Gasteiger partial charge in [-0.05, 0) is 50.6 Å². The fourth-order valence-corrected chi connectivity index (χ4v) is 2.89. The van der Waals surface area contributed by atoms with Gasteiger partial charge in [0.2, 0.25) is 0 Å². The third kappa shape index (κ3) is 4.14. The molecule has 3 rings (SSSR count). The van der Waals surface area contributed by atoms with Crippen LogP contribution in [0, 0.1) is 0 Å². The van der Waals surface area contributed by atoms with Crippen LogP contribution in [0.2, 0.25) is 5.02 Å². The van der Waals surface area contributed by atoms with Crippen molar-refractivity contribution in [2.24, 2.45) is 0 Å². The zero-order valence-corrected chi connectivity index (χ0v) is 15.7. The molecule has 0 unspecified atom stereocenters. The molecule has 0 amide bonds. The number of aromatic amines is 2. The predicted octanol–water partition coefficient (Wildman–Crippen LogP) is 4.31. The van der Waals surface area contributed by atoms with Gasteiger partial charge in [-0.1, -0.05) is 11.6 Å². The fraction of sp³-hybridized carbons (Fsp3) is 0.316. The topological polar surface area (TPSA) is 79.1 Å². The first-order chi connectivity index (χ1) is 12.5. The molecule has 0 saturated heterocycles. The first-order valence-corrected chi connectivity index (χ1v) is 8.92. The van der Waals surface area contributed by atoms with Crippen LogP contribution < -0.4 is 20.5 Å². The summed E-state index contributed by atoms with van der Waals surface area (Å²) in [5.41, 5.74) is 3.08. The normalized spacial score (nSPS) is 11.1. The average Bonchev–Trinajstić information content (AvgIpc) is 2.95. The largest absolute Gasteiger partial charge is 0.490 e. The van der Waals surface area contributed by atoms with Gasteiger partial charge in [-0.15, -0.1) is 0 Å². The van der Waals surface area contributed by atoms with Crippen molar-refractivity contribution in [3.8, 4) is 11.5 Å². The molecule has 2 aromatic carbocycles. The number of benzene rings is 2. The second kappa shape index (κ2) is 7.74. The molecule has 1 heterocycles. The smallest absolute Gasteiger partial charge is 0.323 e. The van der Waals surface area contributed by atoms with E-state index in [9.17, 15) is 4.79 Å². The van der Waals surface area contributed by atoms with Crippen molar-refractivity contribution in [2.75, 3.05) is 11.9 Å². The number of ether oxygens (including phenoxy) is 2. The van der Waals surface area contributed by atoms with Crippen LogP contribution in [0.3, 0.4) is 0 Å². The minimum atomic E-state index is -0.220. The Balaban J connectivity index is 1.81. The van der Waals surface area contributed by atoms with Crippen LogP contribution in [0.1, 0.15) is 26.3 Å². The van der Waals surface area contributed by atoms with Crippen molar-refractivity contribution in [3.05, 3.63) is 51.4 Å². The zero-order valence-electron chi connectivity index (χ0n) is 15.0. The first kappa shape index (κ1) is 18.2. The maximum atomic E-state index is 11.4. The highest BCUT2D eigenvalue weighted by Gasteiger charge is 2.12. The van der Waals surface area contributed by atoms with Crippen LogP contribution in [-0.2, 0) is 6.54 Å². The molecule has 7 heteroatoms. The highest BCUT2D eigenvalue weighted by atomic mass is 35.5. The summed E-state index contributed by atoms with van der Waals surface area (Å²) in [6.45, 7) is 6.90. The van der Waals surface area contributed by atoms with Gasteiger partial charge in [0.05, 0.1) is 23.7 Å². The van der Waals surface area contributed by atoms with Crippen molar-refractivity contribution in [2.45, 2.75) is 33.4 Å². The summed E-state index contributed by atoms with van der Waals surface area (Å²) in [6.07, 6.45) is 0.0319. The lowest BCUT2D eigenvalue weighted by Gasteiger charge is -2.17. The Morgan fingerprint density at radius 3 is 2.62 bits per heavy atom. The molecule has 0 spiro atoms. The molecule has 6 nitrogen and oxygen atoms in total. The van der Waals surface area contributed by atoms with Gasteiger partial charge in [-0.25, -0.2) is 4.79 Å². The zero-order chi connectivity index (χ0) is 18.7. The average molecular weight is 376 g/mol. The molecule has 0 aliphatic rings. The summed E-state index contributed by atoms with van der Waals surface area (Å²) in [6, 6.07) is 9.31. The second-order valence-corrected chi connectivity index (χ2v) is 6.59. The summed E-state index contributed by atoms with van der Waals surface area (Å²) in [4.78, 5) is 16.8. The molecule has 0 saturated carbocycles. The van der Waals surface area contributed by atoms with E-state index >= 15 is 0 Å². The SMILES string of the molecule is CCOc1cc(CNc2ccc3[nH]c(=O)[nH]c3c2)c(Cl)cc1OC(C)C. The number of fused-ring (bicyclic) bond motifs is 1. The second-order valence-electron chi connectivity index (χ2n) is 6.18. The number of hydrogen-bond donors (Lipinski definition) is 3. The highest BCUT2D eigenvalue weighted by molar-refractivity contribution is 6.31. The number of nitrogens with one attached hydrogen (secondary N) is 3. The monoisotopic (exact) mass is 375 g/mol. The maximum absolute atomic E-state index is 11.4. The maximum Gasteiger partial charge on any atom is 0.323 e. The van der Waals surface area contributed by atoms with E-state index in [0.29, 0.717) is 29.7 Å². The molecule has 3 N–H and O–H groups in total. The molecule has 0 bridgehead atoms. The molecule has 0 radical (unpaired) electrons. The molecular weight excluding hydrogens is 354 g/mol. The van der Waals surface area contributed by atoms with E-state index in [1.807, 2.05) is 45.0 Å². The number of hydrogen-bond acceptors (Lipinski definition) is 4. The predicted molar refractivity (Wildman–Crippen MR) is 105 cm³/mol. The van der Waals surface area contributed by atoms with Crippen LogP contribution in [0.25, 0.3) is 11.0 Å².